The molecule has 0 bridgehead atoms. The largest absolute Gasteiger partial charge is 0.493 e. The minimum absolute atomic E-state index is 0.135. The van der Waals surface area contributed by atoms with E-state index < -0.39 is 0 Å². The zero-order valence-electron chi connectivity index (χ0n) is 15.8. The van der Waals surface area contributed by atoms with Gasteiger partial charge in [0.15, 0.2) is 16.6 Å². The van der Waals surface area contributed by atoms with Gasteiger partial charge in [0.1, 0.15) is 0 Å². The molecular weight excluding hydrogens is 410 g/mol. The van der Waals surface area contributed by atoms with E-state index in [0.717, 1.165) is 4.90 Å². The Bertz CT molecular complexity index is 993. The van der Waals surface area contributed by atoms with Gasteiger partial charge in [0.2, 0.25) is 5.91 Å². The summed E-state index contributed by atoms with van der Waals surface area (Å²) in [6.45, 7) is 0. The van der Waals surface area contributed by atoms with Crippen LogP contribution in [0, 0.1) is 0 Å². The lowest BCUT2D eigenvalue weighted by Gasteiger charge is -2.10. The van der Waals surface area contributed by atoms with E-state index in [1.807, 2.05) is 18.2 Å². The van der Waals surface area contributed by atoms with Gasteiger partial charge in [-0.2, -0.15) is 0 Å². The highest BCUT2D eigenvalue weighted by Gasteiger charge is 2.12. The van der Waals surface area contributed by atoms with Crippen LogP contribution in [0.2, 0.25) is 0 Å². The Labute approximate surface area is 176 Å². The topological polar surface area (TPSA) is 89.5 Å². The van der Waals surface area contributed by atoms with E-state index in [0.29, 0.717) is 27.9 Å². The van der Waals surface area contributed by atoms with E-state index in [4.69, 9.17) is 9.47 Å². The SMILES string of the molecule is COc1ccc(C(=O)Nc2cccc(SCC(=O)Nc3nccs3)c2)cc1OC. The van der Waals surface area contributed by atoms with Gasteiger partial charge in [-0.25, -0.2) is 4.98 Å². The number of carbonyl (C=O) groups excluding carboxylic acids is 2. The predicted octanol–water partition coefficient (Wildman–Crippen LogP) is 4.14. The summed E-state index contributed by atoms with van der Waals surface area (Å²) >= 11 is 2.74. The summed E-state index contributed by atoms with van der Waals surface area (Å²) in [7, 11) is 3.06. The molecule has 0 saturated carbocycles. The number of benzene rings is 2. The maximum Gasteiger partial charge on any atom is 0.255 e. The molecule has 7 nitrogen and oxygen atoms in total. The predicted molar refractivity (Wildman–Crippen MR) is 115 cm³/mol. The van der Waals surface area contributed by atoms with Crippen molar-refractivity contribution in [2.24, 2.45) is 0 Å². The van der Waals surface area contributed by atoms with E-state index in [1.54, 1.807) is 35.8 Å². The fourth-order valence-corrected chi connectivity index (χ4v) is 3.73. The fourth-order valence-electron chi connectivity index (χ4n) is 2.43. The lowest BCUT2D eigenvalue weighted by atomic mass is 10.2. The van der Waals surface area contributed by atoms with Crippen molar-refractivity contribution in [1.29, 1.82) is 0 Å². The van der Waals surface area contributed by atoms with Crippen LogP contribution in [-0.2, 0) is 4.79 Å². The summed E-state index contributed by atoms with van der Waals surface area (Å²) in [5.74, 6) is 0.876. The second-order valence-electron chi connectivity index (χ2n) is 5.73. The number of thiazole rings is 1. The van der Waals surface area contributed by atoms with Gasteiger partial charge in [0.25, 0.3) is 5.91 Å². The van der Waals surface area contributed by atoms with Gasteiger partial charge < -0.3 is 20.1 Å². The van der Waals surface area contributed by atoms with Gasteiger partial charge in [0, 0.05) is 27.7 Å². The highest BCUT2D eigenvalue weighted by Crippen LogP contribution is 2.28. The third-order valence-corrected chi connectivity index (χ3v) is 5.47. The summed E-state index contributed by atoms with van der Waals surface area (Å²) in [4.78, 5) is 29.4. The Morgan fingerprint density at radius 1 is 1.07 bits per heavy atom. The first kappa shape index (κ1) is 20.7. The van der Waals surface area contributed by atoms with Crippen molar-refractivity contribution in [3.63, 3.8) is 0 Å². The number of aromatic nitrogens is 1. The molecule has 0 atom stereocenters. The van der Waals surface area contributed by atoms with Gasteiger partial charge in [-0.3, -0.25) is 9.59 Å². The third-order valence-electron chi connectivity index (χ3n) is 3.79. The number of nitrogens with one attached hydrogen (secondary N) is 2. The van der Waals surface area contributed by atoms with Crippen LogP contribution in [0.25, 0.3) is 0 Å². The summed E-state index contributed by atoms with van der Waals surface area (Å²) in [6, 6.07) is 12.3. The van der Waals surface area contributed by atoms with Crippen LogP contribution in [-0.4, -0.2) is 36.8 Å². The van der Waals surface area contributed by atoms with Crippen molar-refractivity contribution in [1.82, 2.24) is 4.98 Å². The Morgan fingerprint density at radius 2 is 1.90 bits per heavy atom. The maximum absolute atomic E-state index is 12.6. The van der Waals surface area contributed by atoms with Gasteiger partial charge in [-0.1, -0.05) is 6.07 Å². The van der Waals surface area contributed by atoms with Crippen LogP contribution in [0.4, 0.5) is 10.8 Å². The lowest BCUT2D eigenvalue weighted by molar-refractivity contribution is -0.113. The van der Waals surface area contributed by atoms with Crippen molar-refractivity contribution >= 4 is 45.7 Å². The normalized spacial score (nSPS) is 10.3. The number of hydrogen-bond donors (Lipinski definition) is 2. The molecule has 9 heteroatoms. The number of thioether (sulfide) groups is 1. The first-order valence-electron chi connectivity index (χ1n) is 8.54. The second-order valence-corrected chi connectivity index (χ2v) is 7.67. The molecule has 3 rings (SSSR count). The fraction of sp³-hybridized carbons (Fsp3) is 0.150. The highest BCUT2D eigenvalue weighted by atomic mass is 32.2. The average molecular weight is 430 g/mol. The quantitative estimate of drug-likeness (QED) is 0.523. The molecule has 0 aliphatic rings. The molecule has 150 valence electrons. The Balaban J connectivity index is 1.60. The number of ether oxygens (including phenoxy) is 2. The molecule has 0 fully saturated rings. The van der Waals surface area contributed by atoms with Crippen LogP contribution in [0.15, 0.2) is 58.9 Å². The van der Waals surface area contributed by atoms with Crippen molar-refractivity contribution in [3.8, 4) is 11.5 Å². The number of amides is 2. The monoisotopic (exact) mass is 429 g/mol. The molecule has 0 saturated heterocycles. The zero-order valence-corrected chi connectivity index (χ0v) is 17.4. The van der Waals surface area contributed by atoms with Gasteiger partial charge >= 0.3 is 0 Å². The Morgan fingerprint density at radius 3 is 2.62 bits per heavy atom. The van der Waals surface area contributed by atoms with Crippen LogP contribution < -0.4 is 20.1 Å². The molecular formula is C20H19N3O4S2. The average Bonchev–Trinajstić information content (AvgIpc) is 3.25. The van der Waals surface area contributed by atoms with Crippen molar-refractivity contribution < 1.29 is 19.1 Å². The molecule has 29 heavy (non-hydrogen) atoms. The molecule has 0 unspecified atom stereocenters. The second kappa shape index (κ2) is 9.94. The molecule has 0 aliphatic heterocycles. The van der Waals surface area contributed by atoms with Crippen LogP contribution in [0.1, 0.15) is 10.4 Å². The summed E-state index contributed by atoms with van der Waals surface area (Å²) in [5.41, 5.74) is 1.08. The Hall–Kier alpha value is -3.04. The molecule has 1 aromatic heterocycles. The molecule has 0 radical (unpaired) electrons. The Kier molecular flexibility index (Phi) is 7.09. The molecule has 1 heterocycles. The van der Waals surface area contributed by atoms with E-state index in [1.165, 1.54) is 37.3 Å². The zero-order chi connectivity index (χ0) is 20.6. The van der Waals surface area contributed by atoms with E-state index in [2.05, 4.69) is 15.6 Å². The van der Waals surface area contributed by atoms with E-state index in [-0.39, 0.29) is 17.6 Å². The molecule has 3 aromatic rings. The standard InChI is InChI=1S/C20H19N3O4S2/c1-26-16-7-6-13(10-17(16)27-2)19(25)22-14-4-3-5-15(11-14)29-12-18(24)23-20-21-8-9-28-20/h3-11H,12H2,1-2H3,(H,22,25)(H,21,23,24). The number of anilines is 2. The molecule has 2 aromatic carbocycles. The first-order valence-corrected chi connectivity index (χ1v) is 10.4. The number of methoxy groups -OCH3 is 2. The van der Waals surface area contributed by atoms with Gasteiger partial charge in [0.05, 0.1) is 20.0 Å². The third kappa shape index (κ3) is 5.72. The number of nitrogens with zero attached hydrogens (tertiary/aromatic N) is 1. The molecule has 2 N–H and O–H groups in total. The van der Waals surface area contributed by atoms with Crippen molar-refractivity contribution in [3.05, 3.63) is 59.6 Å². The van der Waals surface area contributed by atoms with Gasteiger partial charge in [-0.05, 0) is 36.4 Å². The van der Waals surface area contributed by atoms with Crippen molar-refractivity contribution in [2.75, 3.05) is 30.6 Å². The minimum atomic E-state index is -0.269. The molecule has 0 aliphatic carbocycles. The summed E-state index contributed by atoms with van der Waals surface area (Å²) < 4.78 is 10.4. The number of rotatable bonds is 8. The van der Waals surface area contributed by atoms with E-state index in [9.17, 15) is 9.59 Å². The number of carbonyl (C=O) groups is 2. The molecule has 2 amide bonds. The maximum atomic E-state index is 12.6. The summed E-state index contributed by atoms with van der Waals surface area (Å²) in [5, 5.41) is 7.96. The van der Waals surface area contributed by atoms with Crippen LogP contribution in [0.3, 0.4) is 0 Å². The highest BCUT2D eigenvalue weighted by molar-refractivity contribution is 8.00. The minimum Gasteiger partial charge on any atom is -0.493 e. The van der Waals surface area contributed by atoms with Crippen molar-refractivity contribution in [2.45, 2.75) is 4.90 Å². The first-order chi connectivity index (χ1) is 14.1. The van der Waals surface area contributed by atoms with E-state index >= 15 is 0 Å². The van der Waals surface area contributed by atoms with Crippen LogP contribution in [0.5, 0.6) is 11.5 Å². The van der Waals surface area contributed by atoms with Gasteiger partial charge in [-0.15, -0.1) is 23.1 Å². The number of hydrogen-bond acceptors (Lipinski definition) is 7. The molecule has 0 spiro atoms. The van der Waals surface area contributed by atoms with Crippen LogP contribution >= 0.6 is 23.1 Å². The lowest BCUT2D eigenvalue weighted by Crippen LogP contribution is -2.14. The summed E-state index contributed by atoms with van der Waals surface area (Å²) in [6.07, 6.45) is 1.64. The smallest absolute Gasteiger partial charge is 0.255 e.